The number of hydrogen-bond donors (Lipinski definition) is 0. The molecular weight excluding hydrogens is 498 g/mol. The Morgan fingerprint density at radius 2 is 0.949 bits per heavy atom. The molecule has 0 radical (unpaired) electrons. The van der Waals surface area contributed by atoms with E-state index in [1.165, 1.54) is 18.2 Å². The molecule has 0 aliphatic carbocycles. The lowest BCUT2D eigenvalue weighted by molar-refractivity contribution is -0.124. The summed E-state index contributed by atoms with van der Waals surface area (Å²) in [6, 6.07) is 4.41. The Morgan fingerprint density at radius 1 is 0.615 bits per heavy atom. The molecule has 0 saturated carbocycles. The van der Waals surface area contributed by atoms with Crippen LogP contribution in [0.4, 0.5) is 17.1 Å². The average molecular weight is 538 g/mol. The van der Waals surface area contributed by atoms with Crippen LogP contribution in [0.15, 0.2) is 18.2 Å². The van der Waals surface area contributed by atoms with Crippen molar-refractivity contribution in [2.45, 2.75) is 80.1 Å². The van der Waals surface area contributed by atoms with Crippen molar-refractivity contribution < 1.29 is 28.8 Å². The van der Waals surface area contributed by atoms with Crippen molar-refractivity contribution in [2.75, 3.05) is 14.7 Å². The van der Waals surface area contributed by atoms with E-state index >= 15 is 0 Å². The summed E-state index contributed by atoms with van der Waals surface area (Å²) < 4.78 is 0. The van der Waals surface area contributed by atoms with Crippen molar-refractivity contribution >= 4 is 52.5 Å². The highest BCUT2D eigenvalue weighted by molar-refractivity contribution is 6.25. The molecule has 1 aromatic rings. The summed E-state index contributed by atoms with van der Waals surface area (Å²) in [7, 11) is 0. The summed E-state index contributed by atoms with van der Waals surface area (Å²) in [6.07, 6.45) is 2.92. The molecular formula is C30H39N3O6. The molecule has 4 rings (SSSR count). The Labute approximate surface area is 229 Å². The number of benzene rings is 1. The number of carbonyl (C=O) groups is 6. The van der Waals surface area contributed by atoms with Crippen molar-refractivity contribution in [3.05, 3.63) is 18.2 Å². The van der Waals surface area contributed by atoms with Gasteiger partial charge < -0.3 is 0 Å². The van der Waals surface area contributed by atoms with E-state index in [2.05, 4.69) is 6.92 Å². The van der Waals surface area contributed by atoms with E-state index in [0.29, 0.717) is 0 Å². The van der Waals surface area contributed by atoms with E-state index < -0.39 is 29.6 Å². The van der Waals surface area contributed by atoms with Gasteiger partial charge in [-0.05, 0) is 42.4 Å². The first kappa shape index (κ1) is 28.6. The zero-order valence-corrected chi connectivity index (χ0v) is 23.7. The Kier molecular flexibility index (Phi) is 8.09. The van der Waals surface area contributed by atoms with Crippen LogP contribution in [0, 0.1) is 35.5 Å². The molecule has 1 aromatic carbocycles. The van der Waals surface area contributed by atoms with Gasteiger partial charge in [-0.1, -0.05) is 54.4 Å². The maximum Gasteiger partial charge on any atom is 0.237 e. The van der Waals surface area contributed by atoms with Gasteiger partial charge in [-0.25, -0.2) is 0 Å². The zero-order chi connectivity index (χ0) is 28.8. The Hall–Kier alpha value is -3.36. The molecule has 3 heterocycles. The fourth-order valence-corrected chi connectivity index (χ4v) is 5.96. The van der Waals surface area contributed by atoms with Crippen LogP contribution in [-0.4, -0.2) is 35.4 Å². The summed E-state index contributed by atoms with van der Waals surface area (Å²) in [5, 5.41) is 0. The van der Waals surface area contributed by atoms with Crippen LogP contribution < -0.4 is 14.7 Å². The highest BCUT2D eigenvalue weighted by Crippen LogP contribution is 2.41. The van der Waals surface area contributed by atoms with Gasteiger partial charge in [0, 0.05) is 19.3 Å². The molecule has 6 amide bonds. The number of nitrogens with zero attached hydrogens (tertiary/aromatic N) is 3. The van der Waals surface area contributed by atoms with Crippen LogP contribution in [0.1, 0.15) is 80.1 Å². The van der Waals surface area contributed by atoms with Crippen LogP contribution >= 0.6 is 0 Å². The van der Waals surface area contributed by atoms with Crippen LogP contribution in [0.3, 0.4) is 0 Å². The lowest BCUT2D eigenvalue weighted by Crippen LogP contribution is -2.35. The van der Waals surface area contributed by atoms with E-state index in [-0.39, 0.29) is 77.7 Å². The third-order valence-corrected chi connectivity index (χ3v) is 8.52. The average Bonchev–Trinajstić information content (AvgIpc) is 3.46. The minimum atomic E-state index is -0.496. The molecule has 0 N–H and O–H groups in total. The maximum absolute atomic E-state index is 13.5. The van der Waals surface area contributed by atoms with Crippen LogP contribution in [0.5, 0.6) is 0 Å². The van der Waals surface area contributed by atoms with E-state index in [4.69, 9.17) is 0 Å². The maximum atomic E-state index is 13.5. The van der Waals surface area contributed by atoms with Crippen molar-refractivity contribution in [3.63, 3.8) is 0 Å². The fraction of sp³-hybridized carbons (Fsp3) is 0.600. The first-order valence-electron chi connectivity index (χ1n) is 14.1. The third kappa shape index (κ3) is 5.15. The van der Waals surface area contributed by atoms with Gasteiger partial charge in [-0.15, -0.1) is 0 Å². The number of imide groups is 3. The fourth-order valence-electron chi connectivity index (χ4n) is 5.96. The minimum absolute atomic E-state index is 0.0103. The summed E-state index contributed by atoms with van der Waals surface area (Å²) in [5.74, 6) is -3.84. The highest BCUT2D eigenvalue weighted by atomic mass is 16.2. The molecule has 3 saturated heterocycles. The summed E-state index contributed by atoms with van der Waals surface area (Å²) in [4.78, 5) is 82.5. The molecule has 0 spiro atoms. The first-order valence-corrected chi connectivity index (χ1v) is 14.1. The van der Waals surface area contributed by atoms with Gasteiger partial charge in [0.1, 0.15) is 0 Å². The topological polar surface area (TPSA) is 112 Å². The third-order valence-electron chi connectivity index (χ3n) is 8.52. The zero-order valence-electron chi connectivity index (χ0n) is 23.7. The monoisotopic (exact) mass is 537 g/mol. The highest BCUT2D eigenvalue weighted by Gasteiger charge is 2.46. The quantitative estimate of drug-likeness (QED) is 0.430. The number of hydrogen-bond acceptors (Lipinski definition) is 6. The molecule has 39 heavy (non-hydrogen) atoms. The lowest BCUT2D eigenvalue weighted by Gasteiger charge is -2.24. The van der Waals surface area contributed by atoms with Gasteiger partial charge in [-0.3, -0.25) is 43.5 Å². The van der Waals surface area contributed by atoms with Gasteiger partial charge in [0.05, 0.1) is 34.8 Å². The number of unbranched alkanes of at least 4 members (excludes halogenated alkanes) is 1. The van der Waals surface area contributed by atoms with Crippen molar-refractivity contribution in [1.29, 1.82) is 0 Å². The molecule has 0 aromatic heterocycles. The van der Waals surface area contributed by atoms with Crippen LogP contribution in [0.25, 0.3) is 0 Å². The van der Waals surface area contributed by atoms with Gasteiger partial charge in [0.15, 0.2) is 0 Å². The van der Waals surface area contributed by atoms with Crippen LogP contribution in [0.2, 0.25) is 0 Å². The Morgan fingerprint density at radius 3 is 1.26 bits per heavy atom. The first-order chi connectivity index (χ1) is 18.4. The molecule has 4 atom stereocenters. The minimum Gasteiger partial charge on any atom is -0.274 e. The second kappa shape index (κ2) is 11.0. The number of amides is 6. The summed E-state index contributed by atoms with van der Waals surface area (Å²) >= 11 is 0. The second-order valence-electron chi connectivity index (χ2n) is 11.9. The molecule has 210 valence electrons. The van der Waals surface area contributed by atoms with Gasteiger partial charge in [-0.2, -0.15) is 0 Å². The van der Waals surface area contributed by atoms with E-state index in [1.807, 2.05) is 34.6 Å². The summed E-state index contributed by atoms with van der Waals surface area (Å²) in [6.45, 7) is 11.5. The predicted molar refractivity (Wildman–Crippen MR) is 147 cm³/mol. The molecule has 3 aliphatic heterocycles. The SMILES string of the molecule is CCCCC(C)C1CC(=O)N(c2cc(N3C(=O)CC(C(C)C)C3=O)cc(N3C(=O)CC(C(C)C)C3=O)c2)C1=O. The number of rotatable bonds is 9. The van der Waals surface area contributed by atoms with E-state index in [1.54, 1.807) is 0 Å². The summed E-state index contributed by atoms with van der Waals surface area (Å²) in [5.41, 5.74) is 0.458. The predicted octanol–water partition coefficient (Wildman–Crippen LogP) is 4.46. The van der Waals surface area contributed by atoms with Crippen molar-refractivity contribution in [1.82, 2.24) is 0 Å². The van der Waals surface area contributed by atoms with Crippen molar-refractivity contribution in [3.8, 4) is 0 Å². The molecule has 3 aliphatic rings. The molecule has 3 fully saturated rings. The smallest absolute Gasteiger partial charge is 0.237 e. The van der Waals surface area contributed by atoms with Gasteiger partial charge >= 0.3 is 0 Å². The van der Waals surface area contributed by atoms with E-state index in [9.17, 15) is 28.8 Å². The second-order valence-corrected chi connectivity index (χ2v) is 11.9. The lowest BCUT2D eigenvalue weighted by atomic mass is 9.88. The van der Waals surface area contributed by atoms with Crippen LogP contribution in [-0.2, 0) is 28.8 Å². The molecule has 0 bridgehead atoms. The largest absolute Gasteiger partial charge is 0.274 e. The number of anilines is 3. The van der Waals surface area contributed by atoms with E-state index in [0.717, 1.165) is 34.0 Å². The molecule has 9 heteroatoms. The standard InChI is InChI=1S/C30H39N3O6/c1-7-8-9-18(6)24-15-27(36)33(30(24)39)21-11-19(31-25(34)13-22(16(2)3)28(31)37)10-20(12-21)32-26(35)14-23(17(4)5)29(32)38/h10-12,16-18,22-24H,7-9,13-15H2,1-6H3. The van der Waals surface area contributed by atoms with Gasteiger partial charge in [0.25, 0.3) is 0 Å². The number of carbonyl (C=O) groups excluding carboxylic acids is 6. The molecule has 4 unspecified atom stereocenters. The Bertz CT molecular complexity index is 1160. The Balaban J connectivity index is 1.80. The van der Waals surface area contributed by atoms with Gasteiger partial charge in [0.2, 0.25) is 35.4 Å². The van der Waals surface area contributed by atoms with Crippen molar-refractivity contribution in [2.24, 2.45) is 35.5 Å². The normalized spacial score (nSPS) is 24.9. The molecule has 9 nitrogen and oxygen atoms in total.